The smallest absolute Gasteiger partial charge is 0.119 e. The summed E-state index contributed by atoms with van der Waals surface area (Å²) in [6.07, 6.45) is 9.22. The van der Waals surface area contributed by atoms with Crippen molar-refractivity contribution in [1.29, 1.82) is 0 Å². The molecule has 1 aliphatic rings. The van der Waals surface area contributed by atoms with E-state index in [0.29, 0.717) is 0 Å². The summed E-state index contributed by atoms with van der Waals surface area (Å²) in [4.78, 5) is 1.37. The van der Waals surface area contributed by atoms with Crippen LogP contribution in [0.15, 0.2) is 53.4 Å². The first-order chi connectivity index (χ1) is 13.3. The first-order valence-corrected chi connectivity index (χ1v) is 11.7. The Bertz CT molecular complexity index is 654. The Hall–Kier alpha value is -1.41. The second-order valence-electron chi connectivity index (χ2n) is 7.83. The van der Waals surface area contributed by atoms with Gasteiger partial charge in [0.05, 0.1) is 6.61 Å². The Morgan fingerprint density at radius 1 is 0.889 bits per heavy atom. The molecular formula is C25H34OS. The van der Waals surface area contributed by atoms with Crippen molar-refractivity contribution >= 4 is 11.8 Å². The molecule has 2 aromatic carbocycles. The van der Waals surface area contributed by atoms with Crippen LogP contribution in [0.4, 0.5) is 0 Å². The quantitative estimate of drug-likeness (QED) is 0.322. The number of unbranched alkanes of at least 4 members (excludes halogenated alkanes) is 1. The number of hydrogen-bond donors (Lipinski definition) is 0. The minimum atomic E-state index is 0.784. The minimum Gasteiger partial charge on any atom is -0.494 e. The van der Waals surface area contributed by atoms with E-state index in [1.807, 2.05) is 11.8 Å². The molecule has 0 N–H and O–H groups in total. The van der Waals surface area contributed by atoms with E-state index in [-0.39, 0.29) is 0 Å². The van der Waals surface area contributed by atoms with Gasteiger partial charge in [-0.2, -0.15) is 0 Å². The molecule has 2 aromatic rings. The van der Waals surface area contributed by atoms with Crippen LogP contribution in [-0.4, -0.2) is 6.61 Å². The molecule has 0 bridgehead atoms. The zero-order valence-electron chi connectivity index (χ0n) is 17.0. The maximum atomic E-state index is 5.74. The number of hydrogen-bond acceptors (Lipinski definition) is 2. The summed E-state index contributed by atoms with van der Waals surface area (Å²) in [5.74, 6) is 3.75. The molecule has 0 unspecified atom stereocenters. The molecule has 0 aliphatic heterocycles. The summed E-state index contributed by atoms with van der Waals surface area (Å²) < 4.78 is 5.74. The van der Waals surface area contributed by atoms with Crippen molar-refractivity contribution in [3.8, 4) is 5.75 Å². The Balaban J connectivity index is 1.46. The van der Waals surface area contributed by atoms with Gasteiger partial charge < -0.3 is 4.74 Å². The molecule has 146 valence electrons. The van der Waals surface area contributed by atoms with E-state index in [1.165, 1.54) is 49.0 Å². The predicted octanol–water partition coefficient (Wildman–Crippen LogP) is 7.84. The SMILES string of the molecule is CCCCOc1ccc(CSc2ccc([C@H]3CC[C@H](CC)CC3)cc2)cc1. The zero-order valence-corrected chi connectivity index (χ0v) is 17.8. The maximum absolute atomic E-state index is 5.74. The van der Waals surface area contributed by atoms with Gasteiger partial charge in [0.1, 0.15) is 5.75 Å². The summed E-state index contributed by atoms with van der Waals surface area (Å²) >= 11 is 1.92. The summed E-state index contributed by atoms with van der Waals surface area (Å²) in [6, 6.07) is 17.9. The van der Waals surface area contributed by atoms with Crippen LogP contribution in [0.2, 0.25) is 0 Å². The van der Waals surface area contributed by atoms with Gasteiger partial charge in [-0.05, 0) is 79.3 Å². The van der Waals surface area contributed by atoms with E-state index in [4.69, 9.17) is 4.74 Å². The van der Waals surface area contributed by atoms with Crippen molar-refractivity contribution in [2.75, 3.05) is 6.61 Å². The van der Waals surface area contributed by atoms with Crippen molar-refractivity contribution in [2.45, 2.75) is 75.4 Å². The number of ether oxygens (including phenoxy) is 1. The fraction of sp³-hybridized carbons (Fsp3) is 0.520. The molecular weight excluding hydrogens is 348 g/mol. The zero-order chi connectivity index (χ0) is 18.9. The highest BCUT2D eigenvalue weighted by Crippen LogP contribution is 2.37. The Morgan fingerprint density at radius 3 is 2.22 bits per heavy atom. The Labute approximate surface area is 169 Å². The lowest BCUT2D eigenvalue weighted by Crippen LogP contribution is -2.12. The van der Waals surface area contributed by atoms with Gasteiger partial charge in [-0.25, -0.2) is 0 Å². The van der Waals surface area contributed by atoms with Gasteiger partial charge in [0.15, 0.2) is 0 Å². The number of thioether (sulfide) groups is 1. The van der Waals surface area contributed by atoms with E-state index in [2.05, 4.69) is 62.4 Å². The van der Waals surface area contributed by atoms with Crippen LogP contribution in [0, 0.1) is 5.92 Å². The first-order valence-electron chi connectivity index (χ1n) is 10.7. The molecule has 0 radical (unpaired) electrons. The monoisotopic (exact) mass is 382 g/mol. The van der Waals surface area contributed by atoms with E-state index in [9.17, 15) is 0 Å². The maximum Gasteiger partial charge on any atom is 0.119 e. The second kappa shape index (κ2) is 10.8. The third kappa shape index (κ3) is 6.31. The van der Waals surface area contributed by atoms with Crippen LogP contribution in [-0.2, 0) is 5.75 Å². The molecule has 1 aliphatic carbocycles. The highest BCUT2D eigenvalue weighted by atomic mass is 32.2. The van der Waals surface area contributed by atoms with Crippen molar-refractivity contribution in [3.05, 3.63) is 59.7 Å². The fourth-order valence-corrected chi connectivity index (χ4v) is 4.78. The van der Waals surface area contributed by atoms with Gasteiger partial charge in [-0.3, -0.25) is 0 Å². The molecule has 0 saturated heterocycles. The van der Waals surface area contributed by atoms with E-state index in [0.717, 1.165) is 36.4 Å². The standard InChI is InChI=1S/C25H34OS/c1-3-5-18-26-24-14-8-21(9-15-24)19-27-25-16-12-23(13-17-25)22-10-6-20(4-2)7-11-22/h8-9,12-17,20,22H,3-7,10-11,18-19H2,1-2H3/t20-,22-. The Morgan fingerprint density at radius 2 is 1.59 bits per heavy atom. The average molecular weight is 383 g/mol. The minimum absolute atomic E-state index is 0.784. The van der Waals surface area contributed by atoms with E-state index in [1.54, 1.807) is 5.56 Å². The number of rotatable bonds is 9. The van der Waals surface area contributed by atoms with Gasteiger partial charge in [-0.1, -0.05) is 51.0 Å². The van der Waals surface area contributed by atoms with Gasteiger partial charge >= 0.3 is 0 Å². The normalized spacial score (nSPS) is 19.8. The lowest BCUT2D eigenvalue weighted by Gasteiger charge is -2.28. The van der Waals surface area contributed by atoms with Crippen LogP contribution >= 0.6 is 11.8 Å². The molecule has 3 rings (SSSR count). The van der Waals surface area contributed by atoms with Crippen molar-refractivity contribution in [3.63, 3.8) is 0 Å². The van der Waals surface area contributed by atoms with Gasteiger partial charge in [0.25, 0.3) is 0 Å². The highest BCUT2D eigenvalue weighted by Gasteiger charge is 2.21. The first kappa shape index (κ1) is 20.3. The Kier molecular flexibility index (Phi) is 8.13. The molecule has 0 atom stereocenters. The van der Waals surface area contributed by atoms with Crippen molar-refractivity contribution in [2.24, 2.45) is 5.92 Å². The fourth-order valence-electron chi connectivity index (χ4n) is 3.92. The third-order valence-corrected chi connectivity index (χ3v) is 6.95. The van der Waals surface area contributed by atoms with E-state index < -0.39 is 0 Å². The van der Waals surface area contributed by atoms with Crippen LogP contribution in [0.3, 0.4) is 0 Å². The summed E-state index contributed by atoms with van der Waals surface area (Å²) in [5.41, 5.74) is 2.90. The molecule has 2 heteroatoms. The van der Waals surface area contributed by atoms with Crippen LogP contribution < -0.4 is 4.74 Å². The summed E-state index contributed by atoms with van der Waals surface area (Å²) in [5, 5.41) is 0. The molecule has 0 spiro atoms. The van der Waals surface area contributed by atoms with Crippen LogP contribution in [0.25, 0.3) is 0 Å². The number of benzene rings is 2. The summed E-state index contributed by atoms with van der Waals surface area (Å²) in [6.45, 7) is 5.34. The van der Waals surface area contributed by atoms with Crippen LogP contribution in [0.1, 0.15) is 75.8 Å². The lowest BCUT2D eigenvalue weighted by molar-refractivity contribution is 0.309. The van der Waals surface area contributed by atoms with Gasteiger partial charge in [0, 0.05) is 10.6 Å². The molecule has 1 nitrogen and oxygen atoms in total. The van der Waals surface area contributed by atoms with Crippen molar-refractivity contribution in [1.82, 2.24) is 0 Å². The molecule has 0 aromatic heterocycles. The highest BCUT2D eigenvalue weighted by molar-refractivity contribution is 7.98. The molecule has 1 fully saturated rings. The van der Waals surface area contributed by atoms with Crippen molar-refractivity contribution < 1.29 is 4.74 Å². The molecule has 0 amide bonds. The third-order valence-electron chi connectivity index (χ3n) is 5.87. The summed E-state index contributed by atoms with van der Waals surface area (Å²) in [7, 11) is 0. The van der Waals surface area contributed by atoms with Gasteiger partial charge in [-0.15, -0.1) is 11.8 Å². The molecule has 27 heavy (non-hydrogen) atoms. The average Bonchev–Trinajstić information content (AvgIpc) is 2.74. The topological polar surface area (TPSA) is 9.23 Å². The van der Waals surface area contributed by atoms with Crippen LogP contribution in [0.5, 0.6) is 5.75 Å². The molecule has 1 saturated carbocycles. The largest absolute Gasteiger partial charge is 0.494 e. The van der Waals surface area contributed by atoms with Gasteiger partial charge in [0.2, 0.25) is 0 Å². The second-order valence-corrected chi connectivity index (χ2v) is 8.88. The van der Waals surface area contributed by atoms with E-state index >= 15 is 0 Å². The lowest BCUT2D eigenvalue weighted by atomic mass is 9.78. The predicted molar refractivity (Wildman–Crippen MR) is 118 cm³/mol. The molecule has 0 heterocycles.